The summed E-state index contributed by atoms with van der Waals surface area (Å²) in [5.41, 5.74) is 1.28. The molecule has 0 bridgehead atoms. The van der Waals surface area contributed by atoms with Crippen molar-refractivity contribution < 1.29 is 4.48 Å². The lowest BCUT2D eigenvalue weighted by Crippen LogP contribution is -2.44. The first-order valence-electron chi connectivity index (χ1n) is 4.64. The molecule has 2 aliphatic rings. The highest BCUT2D eigenvalue weighted by molar-refractivity contribution is 5.91. The van der Waals surface area contributed by atoms with Crippen molar-refractivity contribution in [2.24, 2.45) is 4.99 Å². The van der Waals surface area contributed by atoms with E-state index in [1.807, 2.05) is 12.3 Å². The molecule has 1 atom stereocenters. The maximum absolute atomic E-state index is 4.40. The summed E-state index contributed by atoms with van der Waals surface area (Å²) in [5, 5.41) is 0. The molecule has 0 amide bonds. The lowest BCUT2D eigenvalue weighted by molar-refractivity contribution is -0.742. The van der Waals surface area contributed by atoms with Gasteiger partial charge in [-0.25, -0.2) is 4.48 Å². The van der Waals surface area contributed by atoms with Gasteiger partial charge < -0.3 is 0 Å². The monoisotopic (exact) mass is 174 g/mol. The topological polar surface area (TPSA) is 12.4 Å². The molecule has 0 N–H and O–H groups in total. The third-order valence-corrected chi connectivity index (χ3v) is 2.72. The largest absolute Gasteiger partial charge is 0.237 e. The number of quaternary nitrogens is 1. The highest BCUT2D eigenvalue weighted by atomic mass is 15.4. The number of fused-ring (bicyclic) bond motifs is 1. The van der Waals surface area contributed by atoms with Gasteiger partial charge in [0, 0.05) is 12.5 Å². The Bertz CT molecular complexity index is 334. The van der Waals surface area contributed by atoms with Crippen LogP contribution in [0.25, 0.3) is 0 Å². The smallest absolute Gasteiger partial charge is 0.219 e. The molecule has 67 valence electrons. The minimum absolute atomic E-state index is 0.778. The van der Waals surface area contributed by atoms with E-state index in [1.54, 1.807) is 0 Å². The molecule has 2 aliphatic heterocycles. The third kappa shape index (κ3) is 1.02. The van der Waals surface area contributed by atoms with E-state index >= 15 is 0 Å². The predicted octanol–water partition coefficient (Wildman–Crippen LogP) is 2.38. The highest BCUT2D eigenvalue weighted by Gasteiger charge is 2.37. The van der Waals surface area contributed by atoms with Crippen molar-refractivity contribution in [3.05, 3.63) is 43.2 Å². The van der Waals surface area contributed by atoms with Gasteiger partial charge in [-0.3, -0.25) is 0 Å². The molecule has 13 heavy (non-hydrogen) atoms. The van der Waals surface area contributed by atoms with Crippen LogP contribution < -0.4 is 0 Å². The standard InChI is InChI=1S/C11H14N2/c1-3-10-9-12-11-7-5-6-8-13(10,11)4-2/h5-9H,1,3-4H2,2H3/q+1. The minimum atomic E-state index is 0.778. The number of allylic oxidation sites excluding steroid dienone is 3. The minimum Gasteiger partial charge on any atom is -0.219 e. The van der Waals surface area contributed by atoms with E-state index in [1.165, 1.54) is 5.70 Å². The molecule has 0 saturated heterocycles. The number of hydrogen-bond acceptors (Lipinski definition) is 1. The Morgan fingerprint density at radius 3 is 3.00 bits per heavy atom. The molecule has 2 nitrogen and oxygen atoms in total. The first kappa shape index (κ1) is 8.45. The van der Waals surface area contributed by atoms with Crippen molar-refractivity contribution in [1.29, 1.82) is 0 Å². The number of amidine groups is 1. The maximum atomic E-state index is 4.40. The second-order valence-electron chi connectivity index (χ2n) is 3.24. The van der Waals surface area contributed by atoms with Crippen LogP contribution in [0.3, 0.4) is 0 Å². The Balaban J connectivity index is 2.45. The van der Waals surface area contributed by atoms with Crippen LogP contribution in [-0.4, -0.2) is 16.9 Å². The van der Waals surface area contributed by atoms with E-state index in [4.69, 9.17) is 0 Å². The molecule has 2 heteroatoms. The van der Waals surface area contributed by atoms with Crippen LogP contribution in [-0.2, 0) is 0 Å². The quantitative estimate of drug-likeness (QED) is 0.570. The van der Waals surface area contributed by atoms with Crippen molar-refractivity contribution in [3.63, 3.8) is 0 Å². The Hall–Kier alpha value is -1.15. The van der Waals surface area contributed by atoms with E-state index in [2.05, 4.69) is 37.2 Å². The number of aliphatic imine (C=N–C) groups is 1. The van der Waals surface area contributed by atoms with Gasteiger partial charge in [0.1, 0.15) is 11.9 Å². The molecule has 1 unspecified atom stereocenters. The SMILES string of the molecule is [CH2]CC1=CN=C2C=CC=C[N+]12CC. The fraction of sp³-hybridized carbons (Fsp3) is 0.273. The van der Waals surface area contributed by atoms with Gasteiger partial charge in [0.2, 0.25) is 5.84 Å². The number of rotatable bonds is 2. The molecule has 1 radical (unpaired) electrons. The fourth-order valence-corrected chi connectivity index (χ4v) is 1.91. The zero-order chi connectivity index (χ0) is 9.31. The third-order valence-electron chi connectivity index (χ3n) is 2.72. The summed E-state index contributed by atoms with van der Waals surface area (Å²) in [6.45, 7) is 7.13. The van der Waals surface area contributed by atoms with Crippen LogP contribution in [0.15, 0.2) is 41.3 Å². The number of nitrogens with zero attached hydrogens (tertiary/aromatic N) is 2. The molecule has 2 heterocycles. The van der Waals surface area contributed by atoms with Crippen LogP contribution in [0.4, 0.5) is 0 Å². The molecule has 0 spiro atoms. The number of hydrogen-bond donors (Lipinski definition) is 0. The van der Waals surface area contributed by atoms with E-state index < -0.39 is 0 Å². The molecule has 0 aliphatic carbocycles. The molecule has 0 saturated carbocycles. The van der Waals surface area contributed by atoms with Gasteiger partial charge in [0.15, 0.2) is 0 Å². The van der Waals surface area contributed by atoms with Crippen molar-refractivity contribution in [2.45, 2.75) is 13.3 Å². The predicted molar refractivity (Wildman–Crippen MR) is 54.6 cm³/mol. The fourth-order valence-electron chi connectivity index (χ4n) is 1.91. The van der Waals surface area contributed by atoms with Crippen LogP contribution >= 0.6 is 0 Å². The molecular weight excluding hydrogens is 160 g/mol. The van der Waals surface area contributed by atoms with Crippen molar-refractivity contribution in [1.82, 2.24) is 0 Å². The van der Waals surface area contributed by atoms with E-state index in [9.17, 15) is 0 Å². The van der Waals surface area contributed by atoms with E-state index in [0.717, 1.165) is 23.3 Å². The molecule has 0 aromatic heterocycles. The number of likely N-dealkylation sites (N-methyl/N-ethyl adjacent to an activating group) is 1. The molecule has 0 aromatic carbocycles. The second kappa shape index (κ2) is 2.96. The summed E-state index contributed by atoms with van der Waals surface area (Å²) in [6, 6.07) is 0. The van der Waals surface area contributed by atoms with E-state index in [-0.39, 0.29) is 0 Å². The summed E-state index contributed by atoms with van der Waals surface area (Å²) < 4.78 is 0.778. The van der Waals surface area contributed by atoms with Crippen LogP contribution in [0.2, 0.25) is 0 Å². The summed E-state index contributed by atoms with van der Waals surface area (Å²) in [5.74, 6) is 1.11. The Labute approximate surface area is 79.2 Å². The van der Waals surface area contributed by atoms with Gasteiger partial charge in [0.25, 0.3) is 0 Å². The average molecular weight is 174 g/mol. The first-order valence-corrected chi connectivity index (χ1v) is 4.64. The zero-order valence-electron chi connectivity index (χ0n) is 7.90. The van der Waals surface area contributed by atoms with Gasteiger partial charge in [-0.05, 0) is 26.0 Å². The second-order valence-corrected chi connectivity index (χ2v) is 3.24. The summed E-state index contributed by atoms with van der Waals surface area (Å²) in [7, 11) is 0. The Kier molecular flexibility index (Phi) is 1.93. The van der Waals surface area contributed by atoms with Crippen molar-refractivity contribution in [3.8, 4) is 0 Å². The van der Waals surface area contributed by atoms with Gasteiger partial charge in [-0.2, -0.15) is 4.99 Å². The lowest BCUT2D eigenvalue weighted by Gasteiger charge is -2.31. The van der Waals surface area contributed by atoms with Gasteiger partial charge in [-0.1, -0.05) is 0 Å². The Morgan fingerprint density at radius 1 is 1.46 bits per heavy atom. The van der Waals surface area contributed by atoms with E-state index in [0.29, 0.717) is 0 Å². The summed E-state index contributed by atoms with van der Waals surface area (Å²) >= 11 is 0. The van der Waals surface area contributed by atoms with Gasteiger partial charge >= 0.3 is 0 Å². The van der Waals surface area contributed by atoms with Crippen molar-refractivity contribution >= 4 is 5.84 Å². The zero-order valence-corrected chi connectivity index (χ0v) is 7.90. The van der Waals surface area contributed by atoms with Gasteiger partial charge in [-0.15, -0.1) is 0 Å². The first-order chi connectivity index (χ1) is 6.33. The molecular formula is C11H14N2+. The van der Waals surface area contributed by atoms with Gasteiger partial charge in [0.05, 0.1) is 12.7 Å². The highest BCUT2D eigenvalue weighted by Crippen LogP contribution is 2.30. The van der Waals surface area contributed by atoms with Crippen LogP contribution in [0.1, 0.15) is 13.3 Å². The lowest BCUT2D eigenvalue weighted by atomic mass is 10.2. The van der Waals surface area contributed by atoms with Crippen molar-refractivity contribution in [2.75, 3.05) is 6.54 Å². The maximum Gasteiger partial charge on any atom is 0.237 e. The molecule has 0 fully saturated rings. The van der Waals surface area contributed by atoms with Crippen LogP contribution in [0.5, 0.6) is 0 Å². The Morgan fingerprint density at radius 2 is 2.31 bits per heavy atom. The van der Waals surface area contributed by atoms with Crippen LogP contribution in [0, 0.1) is 6.92 Å². The molecule has 2 rings (SSSR count). The summed E-state index contributed by atoms with van der Waals surface area (Å²) in [6.07, 6.45) is 11.1. The molecule has 0 aromatic rings. The average Bonchev–Trinajstić information content (AvgIpc) is 2.56. The summed E-state index contributed by atoms with van der Waals surface area (Å²) in [4.78, 5) is 4.40. The normalized spacial score (nSPS) is 30.0.